The van der Waals surface area contributed by atoms with Crippen LogP contribution in [0, 0.1) is 0 Å². The van der Waals surface area contributed by atoms with Crippen LogP contribution in [0.2, 0.25) is 0 Å². The van der Waals surface area contributed by atoms with Gasteiger partial charge in [-0.1, -0.05) is 17.3 Å². The molecule has 2 atom stereocenters. The van der Waals surface area contributed by atoms with Crippen molar-refractivity contribution in [2.45, 2.75) is 43.8 Å². The van der Waals surface area contributed by atoms with Crippen LogP contribution in [0.15, 0.2) is 47.0 Å². The number of hydrogen-bond acceptors (Lipinski definition) is 6. The zero-order valence-corrected chi connectivity index (χ0v) is 19.5. The van der Waals surface area contributed by atoms with E-state index >= 15 is 0 Å². The molecule has 204 valence electrons. The maximum Gasteiger partial charge on any atom is 0.419 e. The number of aryl methyl sites for hydroxylation is 1. The largest absolute Gasteiger partial charge is 0.493 e. The zero-order chi connectivity index (χ0) is 27.7. The summed E-state index contributed by atoms with van der Waals surface area (Å²) in [6.45, 7) is -0.286. The molecule has 1 amide bonds. The molecule has 1 aliphatic heterocycles. The third kappa shape index (κ3) is 6.18. The Bertz CT molecular complexity index is 1280. The lowest BCUT2D eigenvalue weighted by Crippen LogP contribution is -2.30. The molecule has 0 aliphatic carbocycles. The molecule has 38 heavy (non-hydrogen) atoms. The normalized spacial score (nSPS) is 18.1. The molecule has 1 saturated heterocycles. The third-order valence-corrected chi connectivity index (χ3v) is 5.94. The van der Waals surface area contributed by atoms with Gasteiger partial charge in [-0.2, -0.15) is 31.3 Å². The van der Waals surface area contributed by atoms with E-state index in [1.165, 1.54) is 18.2 Å². The minimum Gasteiger partial charge on any atom is -0.493 e. The van der Waals surface area contributed by atoms with Crippen molar-refractivity contribution in [1.29, 1.82) is 0 Å². The number of β-amino-alcohol motifs (C(OH)–C–C–N with tert-alkyl or cyclic N) is 1. The van der Waals surface area contributed by atoms with Gasteiger partial charge >= 0.3 is 18.4 Å². The van der Waals surface area contributed by atoms with E-state index in [-0.39, 0.29) is 43.3 Å². The number of halogens is 6. The summed E-state index contributed by atoms with van der Waals surface area (Å²) in [5.41, 5.74) is -1.36. The van der Waals surface area contributed by atoms with Gasteiger partial charge in [-0.15, -0.1) is 0 Å². The number of aromatic nitrogens is 2. The van der Waals surface area contributed by atoms with Crippen LogP contribution in [0.25, 0.3) is 11.4 Å². The van der Waals surface area contributed by atoms with Gasteiger partial charge in [0.25, 0.3) is 0 Å². The van der Waals surface area contributed by atoms with Gasteiger partial charge in [0.2, 0.25) is 11.7 Å². The summed E-state index contributed by atoms with van der Waals surface area (Å²) in [4.78, 5) is 16.3. The van der Waals surface area contributed by atoms with Crippen molar-refractivity contribution in [3.63, 3.8) is 0 Å². The second-order valence-electron chi connectivity index (χ2n) is 8.65. The highest BCUT2D eigenvalue weighted by Crippen LogP contribution is 2.39. The van der Waals surface area contributed by atoms with E-state index in [2.05, 4.69) is 10.1 Å². The molecule has 3 aromatic rings. The van der Waals surface area contributed by atoms with Crippen LogP contribution in [-0.2, 0) is 18.8 Å². The number of amides is 1. The first-order valence-corrected chi connectivity index (χ1v) is 11.3. The number of aliphatic hydroxyl groups excluding tert-OH is 1. The minimum atomic E-state index is -4.79. The quantitative estimate of drug-likeness (QED) is 0.295. The highest BCUT2D eigenvalue weighted by atomic mass is 19.4. The zero-order valence-electron chi connectivity index (χ0n) is 19.5. The Hall–Kier alpha value is -3.81. The van der Waals surface area contributed by atoms with Gasteiger partial charge in [0, 0.05) is 12.0 Å². The number of nitrogens with zero attached hydrogens (tertiary/aromatic N) is 3. The summed E-state index contributed by atoms with van der Waals surface area (Å²) >= 11 is 0. The van der Waals surface area contributed by atoms with E-state index in [0.29, 0.717) is 12.0 Å². The molecular weight excluding hydrogens is 524 g/mol. The lowest BCUT2D eigenvalue weighted by atomic mass is 10.1. The average molecular weight is 545 g/mol. The van der Waals surface area contributed by atoms with Crippen LogP contribution in [0.3, 0.4) is 0 Å². The van der Waals surface area contributed by atoms with Gasteiger partial charge in [0.05, 0.1) is 30.4 Å². The predicted molar refractivity (Wildman–Crippen MR) is 118 cm³/mol. The number of carbonyl (C=O) groups is 1. The Kier molecular flexibility index (Phi) is 7.54. The SMILES string of the molecule is O=C(O)N1CC(O)C[C@@H]1c1nc(-c2ccc(OCCCc3ccc(C(F)(F)F)cc3)c(C(F)(F)F)c2)no1. The second kappa shape index (κ2) is 10.5. The van der Waals surface area contributed by atoms with Gasteiger partial charge in [-0.05, 0) is 48.7 Å². The van der Waals surface area contributed by atoms with E-state index in [4.69, 9.17) is 9.26 Å². The summed E-state index contributed by atoms with van der Waals surface area (Å²) in [7, 11) is 0. The van der Waals surface area contributed by atoms with Crippen molar-refractivity contribution in [1.82, 2.24) is 15.0 Å². The van der Waals surface area contributed by atoms with Gasteiger partial charge < -0.3 is 19.5 Å². The van der Waals surface area contributed by atoms with Crippen LogP contribution in [0.5, 0.6) is 5.75 Å². The second-order valence-corrected chi connectivity index (χ2v) is 8.65. The predicted octanol–water partition coefficient (Wildman–Crippen LogP) is 5.57. The molecule has 1 fully saturated rings. The minimum absolute atomic E-state index is 0.000978. The fourth-order valence-corrected chi connectivity index (χ4v) is 4.08. The third-order valence-electron chi connectivity index (χ3n) is 5.94. The Morgan fingerprint density at radius 2 is 1.79 bits per heavy atom. The number of carboxylic acid groups (broad SMARTS) is 1. The van der Waals surface area contributed by atoms with Crippen LogP contribution in [-0.4, -0.2) is 50.6 Å². The molecule has 0 bridgehead atoms. The molecule has 1 unspecified atom stereocenters. The van der Waals surface area contributed by atoms with Crippen molar-refractivity contribution in [2.75, 3.05) is 13.2 Å². The van der Waals surface area contributed by atoms with Crippen molar-refractivity contribution in [3.8, 4) is 17.1 Å². The summed E-state index contributed by atoms with van der Waals surface area (Å²) < 4.78 is 89.6. The van der Waals surface area contributed by atoms with Gasteiger partial charge in [-0.25, -0.2) is 4.79 Å². The first kappa shape index (κ1) is 27.2. The topological polar surface area (TPSA) is 109 Å². The number of alkyl halides is 6. The summed E-state index contributed by atoms with van der Waals surface area (Å²) in [5.74, 6) is -0.810. The molecule has 2 heterocycles. The Labute approximate surface area is 211 Å². The molecule has 4 rings (SSSR count). The van der Waals surface area contributed by atoms with Crippen molar-refractivity contribution in [2.24, 2.45) is 0 Å². The molecule has 1 aromatic heterocycles. The molecule has 8 nitrogen and oxygen atoms in total. The highest BCUT2D eigenvalue weighted by molar-refractivity contribution is 5.66. The van der Waals surface area contributed by atoms with E-state index in [1.54, 1.807) is 0 Å². The van der Waals surface area contributed by atoms with Crippen LogP contribution in [0.1, 0.15) is 41.5 Å². The first-order valence-electron chi connectivity index (χ1n) is 11.3. The molecule has 0 spiro atoms. The van der Waals surface area contributed by atoms with E-state index < -0.39 is 47.5 Å². The Morgan fingerprint density at radius 1 is 1.08 bits per heavy atom. The number of benzene rings is 2. The number of hydrogen-bond donors (Lipinski definition) is 2. The van der Waals surface area contributed by atoms with E-state index in [9.17, 15) is 41.4 Å². The van der Waals surface area contributed by atoms with E-state index in [1.807, 2.05) is 0 Å². The van der Waals surface area contributed by atoms with Gasteiger partial charge in [0.1, 0.15) is 11.8 Å². The molecule has 1 aliphatic rings. The molecule has 0 saturated carbocycles. The highest BCUT2D eigenvalue weighted by Gasteiger charge is 2.39. The standard InChI is InChI=1S/C24H21F6N3O5/c25-23(26,27)15-6-3-13(4-7-15)2-1-9-37-19-8-5-14(10-17(19)24(28,29)30)20-31-21(38-32-20)18-11-16(34)12-33(18)22(35)36/h3-8,10,16,18,34H,1-2,9,11-12H2,(H,35,36)/t16?,18-/m1/s1. The van der Waals surface area contributed by atoms with Crippen molar-refractivity contribution in [3.05, 3.63) is 65.0 Å². The molecule has 2 aromatic carbocycles. The number of ether oxygens (including phenoxy) is 1. The number of rotatable bonds is 7. The number of aliphatic hydroxyl groups is 1. The molecule has 14 heteroatoms. The van der Waals surface area contributed by atoms with Crippen LogP contribution >= 0.6 is 0 Å². The molecule has 0 radical (unpaired) electrons. The van der Waals surface area contributed by atoms with Crippen LogP contribution < -0.4 is 4.74 Å². The fourth-order valence-electron chi connectivity index (χ4n) is 4.08. The fraction of sp³-hybridized carbons (Fsp3) is 0.375. The number of likely N-dealkylation sites (tertiary alicyclic amines) is 1. The monoisotopic (exact) mass is 545 g/mol. The van der Waals surface area contributed by atoms with E-state index in [0.717, 1.165) is 29.2 Å². The first-order chi connectivity index (χ1) is 17.8. The maximum atomic E-state index is 13.8. The maximum absolute atomic E-state index is 13.8. The van der Waals surface area contributed by atoms with Gasteiger partial charge in [0.15, 0.2) is 0 Å². The summed E-state index contributed by atoms with van der Waals surface area (Å²) in [5, 5.41) is 22.7. The lowest BCUT2D eigenvalue weighted by molar-refractivity contribution is -0.139. The average Bonchev–Trinajstić information content (AvgIpc) is 3.48. The van der Waals surface area contributed by atoms with Crippen LogP contribution in [0.4, 0.5) is 31.1 Å². The van der Waals surface area contributed by atoms with Gasteiger partial charge in [-0.3, -0.25) is 4.90 Å². The molecule has 2 N–H and O–H groups in total. The van der Waals surface area contributed by atoms with Crippen molar-refractivity contribution >= 4 is 6.09 Å². The molecular formula is C24H21F6N3O5. The smallest absolute Gasteiger partial charge is 0.419 e. The Morgan fingerprint density at radius 3 is 2.42 bits per heavy atom. The Balaban J connectivity index is 1.44. The summed E-state index contributed by atoms with van der Waals surface area (Å²) in [6.07, 6.45) is -11.0. The van der Waals surface area contributed by atoms with Crippen molar-refractivity contribution < 1.29 is 50.6 Å². The lowest BCUT2D eigenvalue weighted by Gasteiger charge is -2.17. The summed E-state index contributed by atoms with van der Waals surface area (Å²) in [6, 6.07) is 6.71.